The van der Waals surface area contributed by atoms with E-state index in [1.807, 2.05) is 11.3 Å². The second-order valence-electron chi connectivity index (χ2n) is 4.74. The van der Waals surface area contributed by atoms with Gasteiger partial charge in [0.25, 0.3) is 0 Å². The van der Waals surface area contributed by atoms with Crippen LogP contribution in [0.4, 0.5) is 0 Å². The summed E-state index contributed by atoms with van der Waals surface area (Å²) in [6.07, 6.45) is 0. The third kappa shape index (κ3) is 3.67. The Labute approximate surface area is 121 Å². The summed E-state index contributed by atoms with van der Waals surface area (Å²) < 4.78 is 1.13. The average Bonchev–Trinajstić information content (AvgIpc) is 2.85. The molecule has 3 heteroatoms. The van der Waals surface area contributed by atoms with Crippen molar-refractivity contribution in [1.29, 1.82) is 0 Å². The molecule has 0 bridgehead atoms. The SMILES string of the molecule is CC(C)C(NCc1ccc(Br)cc1)c1cccs1. The number of hydrogen-bond acceptors (Lipinski definition) is 2. The lowest BCUT2D eigenvalue weighted by molar-refractivity contribution is 0.416. The highest BCUT2D eigenvalue weighted by Gasteiger charge is 2.15. The molecule has 0 fully saturated rings. The third-order valence-electron chi connectivity index (χ3n) is 2.96. The van der Waals surface area contributed by atoms with Crippen molar-refractivity contribution in [2.75, 3.05) is 0 Å². The van der Waals surface area contributed by atoms with Crippen LogP contribution in [-0.4, -0.2) is 0 Å². The van der Waals surface area contributed by atoms with E-state index >= 15 is 0 Å². The summed E-state index contributed by atoms with van der Waals surface area (Å²) in [5.41, 5.74) is 1.32. The highest BCUT2D eigenvalue weighted by Crippen LogP contribution is 2.26. The molecule has 0 amide bonds. The number of rotatable bonds is 5. The van der Waals surface area contributed by atoms with E-state index in [1.165, 1.54) is 10.4 Å². The molecule has 18 heavy (non-hydrogen) atoms. The molecular formula is C15H18BrNS. The monoisotopic (exact) mass is 323 g/mol. The molecule has 1 N–H and O–H groups in total. The third-order valence-corrected chi connectivity index (χ3v) is 4.44. The van der Waals surface area contributed by atoms with E-state index in [4.69, 9.17) is 0 Å². The van der Waals surface area contributed by atoms with E-state index in [9.17, 15) is 0 Å². The standard InChI is InChI=1S/C15H18BrNS/c1-11(2)15(14-4-3-9-18-14)17-10-12-5-7-13(16)8-6-12/h3-9,11,15,17H,10H2,1-2H3. The van der Waals surface area contributed by atoms with Gasteiger partial charge >= 0.3 is 0 Å². The van der Waals surface area contributed by atoms with Crippen LogP contribution in [0.2, 0.25) is 0 Å². The van der Waals surface area contributed by atoms with Crippen molar-refractivity contribution in [1.82, 2.24) is 5.32 Å². The Balaban J connectivity index is 2.00. The summed E-state index contributed by atoms with van der Waals surface area (Å²) in [4.78, 5) is 1.42. The van der Waals surface area contributed by atoms with Gasteiger partial charge in [-0.15, -0.1) is 11.3 Å². The summed E-state index contributed by atoms with van der Waals surface area (Å²) in [5.74, 6) is 0.596. The fraction of sp³-hybridized carbons (Fsp3) is 0.333. The second-order valence-corrected chi connectivity index (χ2v) is 6.64. The number of thiophene rings is 1. The van der Waals surface area contributed by atoms with E-state index in [0.29, 0.717) is 12.0 Å². The van der Waals surface area contributed by atoms with Crippen LogP contribution in [0, 0.1) is 5.92 Å². The Morgan fingerprint density at radius 3 is 2.44 bits per heavy atom. The predicted molar refractivity (Wildman–Crippen MR) is 82.9 cm³/mol. The van der Waals surface area contributed by atoms with Gasteiger partial charge < -0.3 is 5.32 Å². The molecule has 2 aromatic rings. The maximum Gasteiger partial charge on any atom is 0.0440 e. The van der Waals surface area contributed by atoms with Gasteiger partial charge in [-0.3, -0.25) is 0 Å². The quantitative estimate of drug-likeness (QED) is 0.816. The molecule has 0 aliphatic heterocycles. The molecule has 1 aromatic heterocycles. The zero-order chi connectivity index (χ0) is 13.0. The molecule has 0 aliphatic carbocycles. The summed E-state index contributed by atoms with van der Waals surface area (Å²) in [7, 11) is 0. The summed E-state index contributed by atoms with van der Waals surface area (Å²) >= 11 is 5.29. The first kappa shape index (κ1) is 13.8. The molecule has 2 rings (SSSR count). The number of benzene rings is 1. The minimum Gasteiger partial charge on any atom is -0.305 e. The molecule has 1 aromatic carbocycles. The Bertz CT molecular complexity index is 462. The molecule has 1 unspecified atom stereocenters. The van der Waals surface area contributed by atoms with Crippen LogP contribution >= 0.6 is 27.3 Å². The molecule has 0 spiro atoms. The van der Waals surface area contributed by atoms with Crippen LogP contribution in [0.5, 0.6) is 0 Å². The van der Waals surface area contributed by atoms with Gasteiger partial charge in [-0.05, 0) is 35.1 Å². The van der Waals surface area contributed by atoms with Crippen LogP contribution in [-0.2, 0) is 6.54 Å². The molecule has 0 radical (unpaired) electrons. The van der Waals surface area contributed by atoms with E-state index < -0.39 is 0 Å². The number of halogens is 1. The minimum absolute atomic E-state index is 0.439. The van der Waals surface area contributed by atoms with Crippen LogP contribution < -0.4 is 5.32 Å². The molecule has 0 saturated carbocycles. The minimum atomic E-state index is 0.439. The maximum atomic E-state index is 3.65. The van der Waals surface area contributed by atoms with Crippen molar-refractivity contribution in [3.8, 4) is 0 Å². The van der Waals surface area contributed by atoms with Crippen molar-refractivity contribution in [3.05, 3.63) is 56.7 Å². The lowest BCUT2D eigenvalue weighted by Crippen LogP contribution is -2.24. The first-order valence-corrected chi connectivity index (χ1v) is 7.85. The molecular weight excluding hydrogens is 306 g/mol. The molecule has 1 heterocycles. The zero-order valence-electron chi connectivity index (χ0n) is 10.7. The van der Waals surface area contributed by atoms with Crippen LogP contribution in [0.3, 0.4) is 0 Å². The van der Waals surface area contributed by atoms with Gasteiger partial charge in [0.2, 0.25) is 0 Å². The maximum absolute atomic E-state index is 3.65. The van der Waals surface area contributed by atoms with Crippen molar-refractivity contribution in [3.63, 3.8) is 0 Å². The van der Waals surface area contributed by atoms with Crippen molar-refractivity contribution in [2.24, 2.45) is 5.92 Å². The first-order chi connectivity index (χ1) is 8.66. The van der Waals surface area contributed by atoms with Crippen LogP contribution in [0.1, 0.15) is 30.3 Å². The second kappa shape index (κ2) is 6.50. The fourth-order valence-corrected chi connectivity index (χ4v) is 3.20. The van der Waals surface area contributed by atoms with Gasteiger partial charge in [-0.2, -0.15) is 0 Å². The Hall–Kier alpha value is -0.640. The van der Waals surface area contributed by atoms with Gasteiger partial charge in [0.1, 0.15) is 0 Å². The number of hydrogen-bond donors (Lipinski definition) is 1. The van der Waals surface area contributed by atoms with Crippen molar-refractivity contribution in [2.45, 2.75) is 26.4 Å². The molecule has 0 aliphatic rings. The highest BCUT2D eigenvalue weighted by molar-refractivity contribution is 9.10. The zero-order valence-corrected chi connectivity index (χ0v) is 13.1. The van der Waals surface area contributed by atoms with Crippen LogP contribution in [0.25, 0.3) is 0 Å². The Kier molecular flexibility index (Phi) is 4.98. The van der Waals surface area contributed by atoms with Gasteiger partial charge in [0.05, 0.1) is 0 Å². The predicted octanol–water partition coefficient (Wildman–Crippen LogP) is 5.00. The largest absolute Gasteiger partial charge is 0.305 e. The van der Waals surface area contributed by atoms with Gasteiger partial charge in [-0.1, -0.05) is 48.0 Å². The van der Waals surface area contributed by atoms with Crippen molar-refractivity contribution >= 4 is 27.3 Å². The molecule has 96 valence electrons. The topological polar surface area (TPSA) is 12.0 Å². The van der Waals surface area contributed by atoms with Gasteiger partial charge in [-0.25, -0.2) is 0 Å². The molecule has 1 atom stereocenters. The molecule has 1 nitrogen and oxygen atoms in total. The summed E-state index contributed by atoms with van der Waals surface area (Å²) in [5, 5.41) is 5.80. The van der Waals surface area contributed by atoms with Crippen molar-refractivity contribution < 1.29 is 0 Å². The first-order valence-electron chi connectivity index (χ1n) is 6.18. The molecule has 0 saturated heterocycles. The normalized spacial score (nSPS) is 12.9. The highest BCUT2D eigenvalue weighted by atomic mass is 79.9. The van der Waals surface area contributed by atoms with Crippen LogP contribution in [0.15, 0.2) is 46.3 Å². The van der Waals surface area contributed by atoms with E-state index in [-0.39, 0.29) is 0 Å². The van der Waals surface area contributed by atoms with E-state index in [2.05, 4.69) is 76.9 Å². The van der Waals surface area contributed by atoms with E-state index in [1.54, 1.807) is 0 Å². The van der Waals surface area contributed by atoms with Gasteiger partial charge in [0.15, 0.2) is 0 Å². The summed E-state index contributed by atoms with van der Waals surface area (Å²) in [6, 6.07) is 13.3. The Morgan fingerprint density at radius 1 is 1.17 bits per heavy atom. The number of nitrogens with one attached hydrogen (secondary N) is 1. The average molecular weight is 324 g/mol. The fourth-order valence-electron chi connectivity index (χ4n) is 1.96. The van der Waals surface area contributed by atoms with Gasteiger partial charge in [0, 0.05) is 21.9 Å². The lowest BCUT2D eigenvalue weighted by Gasteiger charge is -2.21. The smallest absolute Gasteiger partial charge is 0.0440 e. The summed E-state index contributed by atoms with van der Waals surface area (Å²) in [6.45, 7) is 5.44. The van der Waals surface area contributed by atoms with E-state index in [0.717, 1.165) is 11.0 Å². The lowest BCUT2D eigenvalue weighted by atomic mass is 10.0. The Morgan fingerprint density at radius 2 is 1.89 bits per heavy atom.